The van der Waals surface area contributed by atoms with Crippen LogP contribution in [0.25, 0.3) is 32.6 Å². The summed E-state index contributed by atoms with van der Waals surface area (Å²) in [7, 11) is 2.05. The summed E-state index contributed by atoms with van der Waals surface area (Å²) in [6.07, 6.45) is 4.85. The summed E-state index contributed by atoms with van der Waals surface area (Å²) in [6.45, 7) is 3.08. The number of imidazole rings is 1. The van der Waals surface area contributed by atoms with E-state index in [1.807, 2.05) is 18.0 Å². The summed E-state index contributed by atoms with van der Waals surface area (Å²) in [5.41, 5.74) is 1.60. The number of likely N-dealkylation sites (N-methyl/N-ethyl adjacent to an activating group) is 1. The fraction of sp³-hybridized carbons (Fsp3) is 0.200. The van der Waals surface area contributed by atoms with Gasteiger partial charge in [-0.1, -0.05) is 11.8 Å². The topological polar surface area (TPSA) is 98.0 Å². The molecule has 0 aliphatic carbocycles. The third-order valence-corrected chi connectivity index (χ3v) is 7.23. The van der Waals surface area contributed by atoms with Gasteiger partial charge in [-0.2, -0.15) is 0 Å². The van der Waals surface area contributed by atoms with Crippen LogP contribution < -0.4 is 5.56 Å². The van der Waals surface area contributed by atoms with Gasteiger partial charge in [-0.15, -0.1) is 0 Å². The first-order chi connectivity index (χ1) is 17.0. The number of benzene rings is 2. The minimum Gasteiger partial charge on any atom is -0.336 e. The lowest BCUT2D eigenvalue weighted by Gasteiger charge is -2.32. The first-order valence-corrected chi connectivity index (χ1v) is 12.0. The molecule has 2 aromatic carbocycles. The third kappa shape index (κ3) is 3.84. The zero-order chi connectivity index (χ0) is 24.1. The molecule has 0 radical (unpaired) electrons. The molecule has 1 fully saturated rings. The number of carbonyl (C=O) groups is 1. The molecule has 4 heterocycles. The van der Waals surface area contributed by atoms with Crippen molar-refractivity contribution in [3.05, 3.63) is 70.7 Å². The van der Waals surface area contributed by atoms with Gasteiger partial charge in [0, 0.05) is 65.8 Å². The summed E-state index contributed by atoms with van der Waals surface area (Å²) in [5.74, 6) is -0.449. The molecule has 6 rings (SSSR count). The van der Waals surface area contributed by atoms with Crippen LogP contribution in [0.15, 0.2) is 63.8 Å². The number of piperazine rings is 1. The van der Waals surface area contributed by atoms with Crippen LogP contribution in [-0.4, -0.2) is 68.9 Å². The minimum atomic E-state index is -0.417. The molecule has 176 valence electrons. The highest BCUT2D eigenvalue weighted by Gasteiger charge is 2.21. The average molecular weight is 489 g/mol. The number of hydrogen-bond donors (Lipinski definition) is 2. The maximum absolute atomic E-state index is 14.1. The third-order valence-electron chi connectivity index (χ3n) is 6.38. The highest BCUT2D eigenvalue weighted by molar-refractivity contribution is 7.99. The number of rotatable bonds is 3. The summed E-state index contributed by atoms with van der Waals surface area (Å²) in [6, 6.07) is 7.98. The lowest BCUT2D eigenvalue weighted by atomic mass is 10.0. The van der Waals surface area contributed by atoms with Gasteiger partial charge < -0.3 is 19.8 Å². The number of aromatic nitrogens is 4. The molecule has 1 aliphatic rings. The number of nitrogens with one attached hydrogen (secondary N) is 2. The van der Waals surface area contributed by atoms with Crippen LogP contribution in [0.3, 0.4) is 0 Å². The van der Waals surface area contributed by atoms with Crippen molar-refractivity contribution in [3.8, 4) is 0 Å². The standard InChI is InChI=1S/C25H21FN6O2S/c1-31-6-8-32(9-7-31)24(34)14-10-16(13-27-12-14)35-25-29-21-17-3-2-15(26)11-19(17)20-18(22(21)30-25)4-5-28-23(20)33/h2-5,10-13H,6-9H2,1H3,(H,28,33)(H,29,30). The molecule has 0 saturated carbocycles. The van der Waals surface area contributed by atoms with Gasteiger partial charge in [0.15, 0.2) is 5.16 Å². The zero-order valence-corrected chi connectivity index (χ0v) is 19.7. The van der Waals surface area contributed by atoms with E-state index in [1.165, 1.54) is 23.9 Å². The number of hydrogen-bond acceptors (Lipinski definition) is 6. The van der Waals surface area contributed by atoms with Crippen LogP contribution in [0.4, 0.5) is 4.39 Å². The Balaban J connectivity index is 1.40. The smallest absolute Gasteiger partial charge is 0.256 e. The normalized spacial score (nSPS) is 14.9. The number of fused-ring (bicyclic) bond motifs is 6. The van der Waals surface area contributed by atoms with E-state index in [4.69, 9.17) is 4.98 Å². The van der Waals surface area contributed by atoms with Crippen LogP contribution >= 0.6 is 11.8 Å². The van der Waals surface area contributed by atoms with Crippen molar-refractivity contribution in [2.24, 2.45) is 0 Å². The Morgan fingerprint density at radius 2 is 1.89 bits per heavy atom. The number of aromatic amines is 2. The van der Waals surface area contributed by atoms with E-state index < -0.39 is 5.82 Å². The largest absolute Gasteiger partial charge is 0.336 e. The molecule has 1 saturated heterocycles. The second-order valence-corrected chi connectivity index (χ2v) is 9.72. The molecule has 0 unspecified atom stereocenters. The highest BCUT2D eigenvalue weighted by Crippen LogP contribution is 2.35. The van der Waals surface area contributed by atoms with Gasteiger partial charge in [0.2, 0.25) is 0 Å². The van der Waals surface area contributed by atoms with Crippen molar-refractivity contribution in [3.63, 3.8) is 0 Å². The van der Waals surface area contributed by atoms with Gasteiger partial charge in [0.25, 0.3) is 11.5 Å². The quantitative estimate of drug-likeness (QED) is 0.377. The summed E-state index contributed by atoms with van der Waals surface area (Å²) < 4.78 is 14.1. The van der Waals surface area contributed by atoms with Gasteiger partial charge in [-0.25, -0.2) is 9.37 Å². The van der Waals surface area contributed by atoms with Gasteiger partial charge in [0.05, 0.1) is 22.0 Å². The Morgan fingerprint density at radius 1 is 1.06 bits per heavy atom. The first-order valence-electron chi connectivity index (χ1n) is 11.2. The van der Waals surface area contributed by atoms with Gasteiger partial charge in [-0.3, -0.25) is 14.6 Å². The zero-order valence-electron chi connectivity index (χ0n) is 18.8. The number of nitrogens with zero attached hydrogens (tertiary/aromatic N) is 4. The van der Waals surface area contributed by atoms with Gasteiger partial charge >= 0.3 is 0 Å². The number of halogens is 1. The second-order valence-electron chi connectivity index (χ2n) is 8.66. The van der Waals surface area contributed by atoms with E-state index in [9.17, 15) is 14.0 Å². The Bertz CT molecular complexity index is 1670. The van der Waals surface area contributed by atoms with E-state index in [-0.39, 0.29) is 11.5 Å². The minimum absolute atomic E-state index is 0.0316. The molecule has 35 heavy (non-hydrogen) atoms. The Kier molecular flexibility index (Phi) is 5.27. The predicted octanol–water partition coefficient (Wildman–Crippen LogP) is 3.63. The van der Waals surface area contributed by atoms with E-state index in [1.54, 1.807) is 30.7 Å². The van der Waals surface area contributed by atoms with Gasteiger partial charge in [-0.05, 0) is 37.4 Å². The molecule has 8 nitrogen and oxygen atoms in total. The number of H-pyrrole nitrogens is 2. The lowest BCUT2D eigenvalue weighted by Crippen LogP contribution is -2.47. The fourth-order valence-electron chi connectivity index (χ4n) is 4.57. The summed E-state index contributed by atoms with van der Waals surface area (Å²) >= 11 is 1.35. The maximum Gasteiger partial charge on any atom is 0.256 e. The molecule has 0 atom stereocenters. The van der Waals surface area contributed by atoms with Crippen molar-refractivity contribution >= 4 is 50.2 Å². The molecular weight excluding hydrogens is 467 g/mol. The van der Waals surface area contributed by atoms with Crippen LogP contribution in [0.1, 0.15) is 10.4 Å². The number of pyridine rings is 2. The van der Waals surface area contributed by atoms with Crippen LogP contribution in [0, 0.1) is 5.82 Å². The molecule has 3 aromatic heterocycles. The molecule has 0 spiro atoms. The molecule has 10 heteroatoms. The SMILES string of the molecule is CN1CCN(C(=O)c2cncc(Sc3nc4c5ccc(F)cc5c5c(=O)[nH]ccc5c4[nH]3)c2)CC1. The first kappa shape index (κ1) is 21.8. The van der Waals surface area contributed by atoms with E-state index in [0.717, 1.165) is 18.0 Å². The Hall–Kier alpha value is -3.76. The summed E-state index contributed by atoms with van der Waals surface area (Å²) in [4.78, 5) is 45.5. The second kappa shape index (κ2) is 8.47. The van der Waals surface area contributed by atoms with Crippen molar-refractivity contribution in [1.29, 1.82) is 0 Å². The number of carbonyl (C=O) groups excluding carboxylic acids is 1. The predicted molar refractivity (Wildman–Crippen MR) is 133 cm³/mol. The van der Waals surface area contributed by atoms with Crippen molar-refractivity contribution in [1.82, 2.24) is 29.7 Å². The van der Waals surface area contributed by atoms with E-state index >= 15 is 0 Å². The maximum atomic E-state index is 14.1. The number of amides is 1. The molecule has 5 aromatic rings. The lowest BCUT2D eigenvalue weighted by molar-refractivity contribution is 0.0663. The molecule has 1 amide bonds. The van der Waals surface area contributed by atoms with Crippen LogP contribution in [0.5, 0.6) is 0 Å². The van der Waals surface area contributed by atoms with Gasteiger partial charge in [0.1, 0.15) is 5.82 Å². The monoisotopic (exact) mass is 488 g/mol. The summed E-state index contributed by atoms with van der Waals surface area (Å²) in [5, 5.41) is 2.86. The molecule has 2 N–H and O–H groups in total. The average Bonchev–Trinajstić information content (AvgIpc) is 3.28. The molecule has 0 bridgehead atoms. The van der Waals surface area contributed by atoms with Crippen molar-refractivity contribution < 1.29 is 9.18 Å². The van der Waals surface area contributed by atoms with Crippen molar-refractivity contribution in [2.45, 2.75) is 10.1 Å². The Morgan fingerprint density at radius 3 is 2.71 bits per heavy atom. The Labute approximate surface area is 203 Å². The van der Waals surface area contributed by atoms with E-state index in [0.29, 0.717) is 56.4 Å². The van der Waals surface area contributed by atoms with Crippen LogP contribution in [-0.2, 0) is 0 Å². The van der Waals surface area contributed by atoms with Crippen molar-refractivity contribution in [2.75, 3.05) is 33.2 Å². The highest BCUT2D eigenvalue weighted by atomic mass is 32.2. The molecule has 1 aliphatic heterocycles. The fourth-order valence-corrected chi connectivity index (χ4v) is 5.38. The van der Waals surface area contributed by atoms with Crippen LogP contribution in [0.2, 0.25) is 0 Å². The molecular formula is C25H21FN6O2S. The van der Waals surface area contributed by atoms with E-state index in [2.05, 4.69) is 19.9 Å².